The van der Waals surface area contributed by atoms with E-state index >= 15 is 0 Å². The first-order chi connectivity index (χ1) is 13.5. The van der Waals surface area contributed by atoms with Crippen molar-refractivity contribution >= 4 is 17.5 Å². The highest BCUT2D eigenvalue weighted by molar-refractivity contribution is 5.83. The molecule has 0 spiro atoms. The van der Waals surface area contributed by atoms with Gasteiger partial charge in [-0.3, -0.25) is 4.79 Å². The minimum absolute atomic E-state index is 0.171. The molecule has 0 radical (unpaired) electrons. The molecule has 1 aliphatic heterocycles. The molecule has 158 valence electrons. The van der Waals surface area contributed by atoms with E-state index in [-0.39, 0.29) is 12.5 Å². The number of ether oxygens (including phenoxy) is 2. The standard InChI is InChI=1S/C22H31N3O4/c1-15-8-7-11-25-16(15)9-10-18(25)22(5,6)23-19(26)17-14-24(12-13-28-17)20(27)29-21(2,3)4/h7-11,17H,12-14H2,1-6H3,(H,23,26)/t17-/m0/s1. The molecule has 3 rings (SSSR count). The Morgan fingerprint density at radius 1 is 1.17 bits per heavy atom. The van der Waals surface area contributed by atoms with Crippen molar-refractivity contribution in [1.29, 1.82) is 0 Å². The Labute approximate surface area is 172 Å². The highest BCUT2D eigenvalue weighted by Crippen LogP contribution is 2.25. The lowest BCUT2D eigenvalue weighted by molar-refractivity contribution is -0.139. The van der Waals surface area contributed by atoms with Crippen LogP contribution in [0.2, 0.25) is 0 Å². The van der Waals surface area contributed by atoms with Crippen molar-refractivity contribution in [3.05, 3.63) is 41.7 Å². The number of carbonyl (C=O) groups is 2. The van der Waals surface area contributed by atoms with Crippen molar-refractivity contribution in [2.45, 2.75) is 58.8 Å². The summed E-state index contributed by atoms with van der Waals surface area (Å²) in [5.41, 5.74) is 2.06. The van der Waals surface area contributed by atoms with Crippen LogP contribution < -0.4 is 5.32 Å². The molecule has 1 aliphatic rings. The van der Waals surface area contributed by atoms with Gasteiger partial charge in [0.2, 0.25) is 0 Å². The van der Waals surface area contributed by atoms with Gasteiger partial charge in [-0.05, 0) is 65.3 Å². The van der Waals surface area contributed by atoms with Crippen molar-refractivity contribution in [2.75, 3.05) is 19.7 Å². The molecule has 29 heavy (non-hydrogen) atoms. The number of rotatable bonds is 3. The predicted molar refractivity (Wildman–Crippen MR) is 111 cm³/mol. The predicted octanol–water partition coefficient (Wildman–Crippen LogP) is 3.23. The Hall–Kier alpha value is -2.54. The molecule has 0 aliphatic carbocycles. The molecule has 1 atom stereocenters. The molecule has 3 heterocycles. The molecule has 0 unspecified atom stereocenters. The van der Waals surface area contributed by atoms with E-state index in [1.54, 1.807) is 0 Å². The number of nitrogens with zero attached hydrogens (tertiary/aromatic N) is 2. The van der Waals surface area contributed by atoms with E-state index in [0.717, 1.165) is 11.2 Å². The molecule has 1 fully saturated rings. The fourth-order valence-corrected chi connectivity index (χ4v) is 3.55. The SMILES string of the molecule is Cc1cccn2c(C(C)(C)NC(=O)[C@@H]3CN(C(=O)OC(C)(C)C)CCO3)ccc12. The molecule has 7 heteroatoms. The zero-order valence-corrected chi connectivity index (χ0v) is 18.1. The van der Waals surface area contributed by atoms with E-state index < -0.39 is 23.3 Å². The van der Waals surface area contributed by atoms with Gasteiger partial charge < -0.3 is 24.1 Å². The van der Waals surface area contributed by atoms with Gasteiger partial charge in [-0.15, -0.1) is 0 Å². The van der Waals surface area contributed by atoms with Gasteiger partial charge in [-0.2, -0.15) is 0 Å². The smallest absolute Gasteiger partial charge is 0.410 e. The minimum Gasteiger partial charge on any atom is -0.444 e. The Morgan fingerprint density at radius 2 is 1.90 bits per heavy atom. The number of morpholine rings is 1. The summed E-state index contributed by atoms with van der Waals surface area (Å²) in [6, 6.07) is 8.13. The summed E-state index contributed by atoms with van der Waals surface area (Å²) >= 11 is 0. The lowest BCUT2D eigenvalue weighted by Gasteiger charge is -2.35. The van der Waals surface area contributed by atoms with Crippen LogP contribution in [0.4, 0.5) is 4.79 Å². The van der Waals surface area contributed by atoms with Crippen molar-refractivity contribution in [3.63, 3.8) is 0 Å². The maximum atomic E-state index is 12.9. The maximum absolute atomic E-state index is 12.9. The second kappa shape index (κ2) is 7.71. The van der Waals surface area contributed by atoms with E-state index in [0.29, 0.717) is 13.2 Å². The molecule has 7 nitrogen and oxygen atoms in total. The number of aromatic nitrogens is 1. The third kappa shape index (κ3) is 4.72. The van der Waals surface area contributed by atoms with Gasteiger partial charge in [0, 0.05) is 24.0 Å². The van der Waals surface area contributed by atoms with Crippen LogP contribution in [-0.4, -0.2) is 52.7 Å². The highest BCUT2D eigenvalue weighted by atomic mass is 16.6. The number of hydrogen-bond donors (Lipinski definition) is 1. The van der Waals surface area contributed by atoms with Crippen LogP contribution in [0, 0.1) is 6.92 Å². The Bertz CT molecular complexity index is 910. The van der Waals surface area contributed by atoms with Crippen LogP contribution in [0.5, 0.6) is 0 Å². The van der Waals surface area contributed by atoms with Crippen molar-refractivity contribution < 1.29 is 19.1 Å². The van der Waals surface area contributed by atoms with E-state index in [2.05, 4.69) is 28.8 Å². The number of fused-ring (bicyclic) bond motifs is 1. The number of carbonyl (C=O) groups excluding carboxylic acids is 2. The number of aryl methyl sites for hydroxylation is 1. The zero-order valence-electron chi connectivity index (χ0n) is 18.1. The van der Waals surface area contributed by atoms with Crippen LogP contribution >= 0.6 is 0 Å². The van der Waals surface area contributed by atoms with Crippen molar-refractivity contribution in [3.8, 4) is 0 Å². The minimum atomic E-state index is -0.733. The maximum Gasteiger partial charge on any atom is 0.410 e. The van der Waals surface area contributed by atoms with Crippen LogP contribution in [0.3, 0.4) is 0 Å². The second-order valence-corrected chi connectivity index (χ2v) is 9.07. The van der Waals surface area contributed by atoms with Crippen LogP contribution in [0.15, 0.2) is 30.5 Å². The molecule has 1 saturated heterocycles. The zero-order chi connectivity index (χ0) is 21.4. The average molecular weight is 402 g/mol. The first kappa shape index (κ1) is 21.2. The first-order valence-corrected chi connectivity index (χ1v) is 9.97. The van der Waals surface area contributed by atoms with Crippen molar-refractivity contribution in [1.82, 2.24) is 14.6 Å². The fourth-order valence-electron chi connectivity index (χ4n) is 3.55. The average Bonchev–Trinajstić information content (AvgIpc) is 3.06. The summed E-state index contributed by atoms with van der Waals surface area (Å²) in [5, 5.41) is 3.08. The van der Waals surface area contributed by atoms with Crippen LogP contribution in [0.1, 0.15) is 45.9 Å². The number of hydrogen-bond acceptors (Lipinski definition) is 4. The Morgan fingerprint density at radius 3 is 2.59 bits per heavy atom. The molecule has 2 amide bonds. The summed E-state index contributed by atoms with van der Waals surface area (Å²) in [4.78, 5) is 26.8. The fraction of sp³-hybridized carbons (Fsp3) is 0.545. The third-order valence-electron chi connectivity index (χ3n) is 4.99. The molecule has 2 aromatic rings. The number of nitrogens with one attached hydrogen (secondary N) is 1. The molecular weight excluding hydrogens is 370 g/mol. The summed E-state index contributed by atoms with van der Waals surface area (Å²) in [7, 11) is 0. The van der Waals surface area contributed by atoms with Gasteiger partial charge in [0.15, 0.2) is 6.10 Å². The molecule has 1 N–H and O–H groups in total. The van der Waals surface area contributed by atoms with Gasteiger partial charge in [-0.25, -0.2) is 4.79 Å². The Balaban J connectivity index is 1.71. The molecular formula is C22H31N3O4. The lowest BCUT2D eigenvalue weighted by atomic mass is 10.00. The summed E-state index contributed by atoms with van der Waals surface area (Å²) in [6.45, 7) is 12.3. The van der Waals surface area contributed by atoms with Crippen LogP contribution in [-0.2, 0) is 19.8 Å². The quantitative estimate of drug-likeness (QED) is 0.857. The van der Waals surface area contributed by atoms with E-state index in [9.17, 15) is 9.59 Å². The number of amides is 2. The van der Waals surface area contributed by atoms with Gasteiger partial charge in [0.25, 0.3) is 5.91 Å². The topological polar surface area (TPSA) is 72.3 Å². The molecule has 0 saturated carbocycles. The summed E-state index contributed by atoms with van der Waals surface area (Å²) in [6.07, 6.45) is 0.835. The first-order valence-electron chi connectivity index (χ1n) is 9.97. The van der Waals surface area contributed by atoms with E-state index in [1.807, 2.05) is 52.9 Å². The molecule has 2 aromatic heterocycles. The molecule has 0 aromatic carbocycles. The lowest BCUT2D eigenvalue weighted by Crippen LogP contribution is -2.55. The summed E-state index contributed by atoms with van der Waals surface area (Å²) < 4.78 is 13.2. The van der Waals surface area contributed by atoms with Gasteiger partial charge >= 0.3 is 6.09 Å². The second-order valence-electron chi connectivity index (χ2n) is 9.07. The number of pyridine rings is 1. The van der Waals surface area contributed by atoms with Gasteiger partial charge in [0.1, 0.15) is 5.60 Å². The Kier molecular flexibility index (Phi) is 5.63. The van der Waals surface area contributed by atoms with E-state index in [1.165, 1.54) is 10.5 Å². The largest absolute Gasteiger partial charge is 0.444 e. The monoisotopic (exact) mass is 401 g/mol. The van der Waals surface area contributed by atoms with Crippen molar-refractivity contribution in [2.24, 2.45) is 0 Å². The highest BCUT2D eigenvalue weighted by Gasteiger charge is 2.35. The van der Waals surface area contributed by atoms with Gasteiger partial charge in [-0.1, -0.05) is 6.07 Å². The van der Waals surface area contributed by atoms with Crippen LogP contribution in [0.25, 0.3) is 5.52 Å². The van der Waals surface area contributed by atoms with Gasteiger partial charge in [0.05, 0.1) is 18.7 Å². The third-order valence-corrected chi connectivity index (χ3v) is 4.99. The van der Waals surface area contributed by atoms with E-state index in [4.69, 9.17) is 9.47 Å². The summed E-state index contributed by atoms with van der Waals surface area (Å²) in [5.74, 6) is -0.245. The molecule has 0 bridgehead atoms. The normalized spacial score (nSPS) is 18.0.